The first kappa shape index (κ1) is 13.7. The Morgan fingerprint density at radius 3 is 3.00 bits per heavy atom. The average Bonchev–Trinajstić information content (AvgIpc) is 3.21. The van der Waals surface area contributed by atoms with E-state index in [9.17, 15) is 0 Å². The lowest BCUT2D eigenvalue weighted by molar-refractivity contribution is -0.0306. The van der Waals surface area contributed by atoms with Crippen LogP contribution in [0.3, 0.4) is 0 Å². The van der Waals surface area contributed by atoms with Crippen LogP contribution in [0, 0.1) is 0 Å². The number of anilines is 1. The second kappa shape index (κ2) is 5.38. The van der Waals surface area contributed by atoms with Crippen molar-refractivity contribution in [2.24, 2.45) is 0 Å². The van der Waals surface area contributed by atoms with Gasteiger partial charge in [-0.2, -0.15) is 8.75 Å². The summed E-state index contributed by atoms with van der Waals surface area (Å²) in [5.41, 5.74) is 2.83. The van der Waals surface area contributed by atoms with Crippen molar-refractivity contribution in [3.8, 4) is 0 Å². The number of halogens is 1. The third kappa shape index (κ3) is 2.51. The lowest BCUT2D eigenvalue weighted by atomic mass is 9.98. The predicted octanol–water partition coefficient (Wildman–Crippen LogP) is 4.25. The Bertz CT molecular complexity index is 653. The van der Waals surface area contributed by atoms with Crippen molar-refractivity contribution in [2.45, 2.75) is 50.2 Å². The van der Waals surface area contributed by atoms with Crippen LogP contribution in [0.1, 0.15) is 38.5 Å². The van der Waals surface area contributed by atoms with Gasteiger partial charge in [0.1, 0.15) is 11.0 Å². The fourth-order valence-electron chi connectivity index (χ4n) is 3.64. The van der Waals surface area contributed by atoms with Gasteiger partial charge < -0.3 is 10.1 Å². The molecular formula is C15H18ClN3OS. The minimum atomic E-state index is 0.185. The van der Waals surface area contributed by atoms with Gasteiger partial charge in [-0.3, -0.25) is 0 Å². The largest absolute Gasteiger partial charge is 0.379 e. The summed E-state index contributed by atoms with van der Waals surface area (Å²) in [5, 5.41) is 4.14. The molecule has 1 spiro atoms. The fourth-order valence-corrected chi connectivity index (χ4v) is 4.40. The molecule has 0 amide bonds. The number of benzene rings is 1. The van der Waals surface area contributed by atoms with Gasteiger partial charge in [-0.05, 0) is 37.8 Å². The van der Waals surface area contributed by atoms with E-state index >= 15 is 0 Å². The number of nitrogens with zero attached hydrogens (tertiary/aromatic N) is 2. The molecule has 112 valence electrons. The Hall–Kier alpha value is -0.910. The molecule has 1 aromatic heterocycles. The monoisotopic (exact) mass is 323 g/mol. The molecule has 1 atom stereocenters. The van der Waals surface area contributed by atoms with E-state index in [0.717, 1.165) is 29.7 Å². The minimum Gasteiger partial charge on any atom is -0.379 e. The van der Waals surface area contributed by atoms with Crippen molar-refractivity contribution in [3.63, 3.8) is 0 Å². The van der Waals surface area contributed by atoms with Gasteiger partial charge in [0.15, 0.2) is 0 Å². The van der Waals surface area contributed by atoms with Crippen LogP contribution in [-0.4, -0.2) is 27.0 Å². The molecule has 4 rings (SSSR count). The van der Waals surface area contributed by atoms with Crippen LogP contribution in [0.4, 0.5) is 5.69 Å². The van der Waals surface area contributed by atoms with Crippen molar-refractivity contribution in [1.29, 1.82) is 0 Å². The van der Waals surface area contributed by atoms with Crippen molar-refractivity contribution in [1.82, 2.24) is 8.75 Å². The van der Waals surface area contributed by atoms with Crippen molar-refractivity contribution < 1.29 is 4.74 Å². The molecular weight excluding hydrogens is 306 g/mol. The highest BCUT2D eigenvalue weighted by Crippen LogP contribution is 2.43. The SMILES string of the molecule is Clc1ccc2nsnc2c1NCC1CCC2(CCCC2)O1. The van der Waals surface area contributed by atoms with Gasteiger partial charge in [0.05, 0.1) is 34.1 Å². The molecule has 1 unspecified atom stereocenters. The summed E-state index contributed by atoms with van der Waals surface area (Å²) in [6, 6.07) is 3.79. The average molecular weight is 324 g/mol. The number of aromatic nitrogens is 2. The second-order valence-corrected chi connectivity index (χ2v) is 7.04. The normalized spacial score (nSPS) is 24.1. The van der Waals surface area contributed by atoms with E-state index in [2.05, 4.69) is 14.1 Å². The molecule has 2 heterocycles. The van der Waals surface area contributed by atoms with Crippen LogP contribution in [0.2, 0.25) is 5.02 Å². The second-order valence-electron chi connectivity index (χ2n) is 6.10. The van der Waals surface area contributed by atoms with Crippen LogP contribution in [-0.2, 0) is 4.74 Å². The quantitative estimate of drug-likeness (QED) is 0.917. The zero-order valence-electron chi connectivity index (χ0n) is 11.8. The minimum absolute atomic E-state index is 0.185. The molecule has 1 aliphatic carbocycles. The first-order chi connectivity index (χ1) is 10.3. The smallest absolute Gasteiger partial charge is 0.129 e. The predicted molar refractivity (Wildman–Crippen MR) is 86.2 cm³/mol. The highest BCUT2D eigenvalue weighted by Gasteiger charge is 2.41. The molecule has 0 radical (unpaired) electrons. The third-order valence-corrected chi connectivity index (χ3v) is 5.59. The summed E-state index contributed by atoms with van der Waals surface area (Å²) in [6.45, 7) is 0.790. The summed E-state index contributed by atoms with van der Waals surface area (Å²) in [4.78, 5) is 0. The summed E-state index contributed by atoms with van der Waals surface area (Å²) in [6.07, 6.45) is 7.71. The molecule has 1 aromatic carbocycles. The van der Waals surface area contributed by atoms with Crippen LogP contribution >= 0.6 is 23.3 Å². The van der Waals surface area contributed by atoms with E-state index < -0.39 is 0 Å². The number of hydrogen-bond acceptors (Lipinski definition) is 5. The first-order valence-electron chi connectivity index (χ1n) is 7.58. The number of fused-ring (bicyclic) bond motifs is 1. The zero-order chi connectivity index (χ0) is 14.3. The topological polar surface area (TPSA) is 47.0 Å². The van der Waals surface area contributed by atoms with Crippen LogP contribution in [0.5, 0.6) is 0 Å². The standard InChI is InChI=1S/C15H18ClN3OS/c16-11-3-4-12-14(19-21-18-12)13(11)17-9-10-5-8-15(20-10)6-1-2-7-15/h3-4,10,17H,1-2,5-9H2. The Kier molecular flexibility index (Phi) is 3.52. The first-order valence-corrected chi connectivity index (χ1v) is 8.69. The Morgan fingerprint density at radius 2 is 2.14 bits per heavy atom. The molecule has 6 heteroatoms. The maximum absolute atomic E-state index is 6.33. The van der Waals surface area contributed by atoms with Gasteiger partial charge in [-0.15, -0.1) is 0 Å². The lowest BCUT2D eigenvalue weighted by Crippen LogP contribution is -2.28. The van der Waals surface area contributed by atoms with Gasteiger partial charge in [0.25, 0.3) is 0 Å². The van der Waals surface area contributed by atoms with Crippen molar-refractivity contribution >= 4 is 40.0 Å². The fraction of sp³-hybridized carbons (Fsp3) is 0.600. The van der Waals surface area contributed by atoms with Crippen LogP contribution in [0.25, 0.3) is 11.0 Å². The maximum atomic E-state index is 6.33. The van der Waals surface area contributed by atoms with Crippen LogP contribution in [0.15, 0.2) is 12.1 Å². The molecule has 2 aromatic rings. The van der Waals surface area contributed by atoms with E-state index in [4.69, 9.17) is 16.3 Å². The highest BCUT2D eigenvalue weighted by molar-refractivity contribution is 7.00. The molecule has 1 saturated carbocycles. The molecule has 1 saturated heterocycles. The Morgan fingerprint density at radius 1 is 1.29 bits per heavy atom. The van der Waals surface area contributed by atoms with Gasteiger partial charge in [-0.25, -0.2) is 0 Å². The molecule has 2 aliphatic rings. The molecule has 4 nitrogen and oxygen atoms in total. The molecule has 0 bridgehead atoms. The molecule has 1 N–H and O–H groups in total. The summed E-state index contributed by atoms with van der Waals surface area (Å²) < 4.78 is 14.9. The molecule has 2 fully saturated rings. The van der Waals surface area contributed by atoms with Crippen molar-refractivity contribution in [3.05, 3.63) is 17.2 Å². The molecule has 21 heavy (non-hydrogen) atoms. The number of nitrogens with one attached hydrogen (secondary N) is 1. The van der Waals surface area contributed by atoms with E-state index in [-0.39, 0.29) is 11.7 Å². The molecule has 1 aliphatic heterocycles. The van der Waals surface area contributed by atoms with Gasteiger partial charge in [0, 0.05) is 6.54 Å². The van der Waals surface area contributed by atoms with E-state index in [1.807, 2.05) is 12.1 Å². The summed E-state index contributed by atoms with van der Waals surface area (Å²) in [5.74, 6) is 0. The van der Waals surface area contributed by atoms with E-state index in [1.54, 1.807) is 0 Å². The van der Waals surface area contributed by atoms with Gasteiger partial charge >= 0.3 is 0 Å². The van der Waals surface area contributed by atoms with E-state index in [1.165, 1.54) is 43.8 Å². The van der Waals surface area contributed by atoms with E-state index in [0.29, 0.717) is 5.02 Å². The zero-order valence-corrected chi connectivity index (χ0v) is 13.3. The summed E-state index contributed by atoms with van der Waals surface area (Å²) >= 11 is 7.52. The number of hydrogen-bond donors (Lipinski definition) is 1. The Labute approximate surface area is 133 Å². The number of rotatable bonds is 3. The Balaban J connectivity index is 1.47. The maximum Gasteiger partial charge on any atom is 0.129 e. The number of ether oxygens (including phenoxy) is 1. The summed E-state index contributed by atoms with van der Waals surface area (Å²) in [7, 11) is 0. The van der Waals surface area contributed by atoms with Gasteiger partial charge in [-0.1, -0.05) is 24.4 Å². The van der Waals surface area contributed by atoms with Crippen LogP contribution < -0.4 is 5.32 Å². The van der Waals surface area contributed by atoms with Crippen molar-refractivity contribution in [2.75, 3.05) is 11.9 Å². The van der Waals surface area contributed by atoms with Gasteiger partial charge in [0.2, 0.25) is 0 Å². The highest BCUT2D eigenvalue weighted by atomic mass is 35.5. The lowest BCUT2D eigenvalue weighted by Gasteiger charge is -2.24. The third-order valence-electron chi connectivity index (χ3n) is 4.74.